The van der Waals surface area contributed by atoms with Crippen LogP contribution in [0.5, 0.6) is 0 Å². The zero-order valence-corrected chi connectivity index (χ0v) is 9.93. The molecule has 0 aromatic carbocycles. The van der Waals surface area contributed by atoms with Gasteiger partial charge in [0.1, 0.15) is 0 Å². The standard InChI is InChI=1S/C11H16N2O4/c1-4-6-10(13(15)16)9(5-2)7-12-8-11(14)17-3/h4-6,12H,1,7-8H2,2-3H3/b9-5-,10-6+. The molecule has 0 aliphatic carbocycles. The Morgan fingerprint density at radius 3 is 2.59 bits per heavy atom. The normalized spacial score (nSPS) is 12.1. The third-order valence-corrected chi connectivity index (χ3v) is 1.96. The van der Waals surface area contributed by atoms with Gasteiger partial charge in [0.25, 0.3) is 5.70 Å². The van der Waals surface area contributed by atoms with Crippen molar-refractivity contribution in [1.82, 2.24) is 5.32 Å². The van der Waals surface area contributed by atoms with E-state index in [1.54, 1.807) is 13.0 Å². The fourth-order valence-electron chi connectivity index (χ4n) is 1.11. The number of hydrogen-bond donors (Lipinski definition) is 1. The molecular weight excluding hydrogens is 224 g/mol. The lowest BCUT2D eigenvalue weighted by atomic mass is 10.1. The van der Waals surface area contributed by atoms with E-state index >= 15 is 0 Å². The van der Waals surface area contributed by atoms with E-state index in [2.05, 4.69) is 16.6 Å². The Bertz CT molecular complexity index is 358. The van der Waals surface area contributed by atoms with Gasteiger partial charge >= 0.3 is 5.97 Å². The van der Waals surface area contributed by atoms with Gasteiger partial charge in [0, 0.05) is 18.2 Å². The average molecular weight is 240 g/mol. The Morgan fingerprint density at radius 2 is 2.18 bits per heavy atom. The van der Waals surface area contributed by atoms with E-state index in [1.165, 1.54) is 19.3 Å². The van der Waals surface area contributed by atoms with Gasteiger partial charge in [-0.3, -0.25) is 14.9 Å². The van der Waals surface area contributed by atoms with Gasteiger partial charge in [-0.05, 0) is 6.92 Å². The molecule has 0 heterocycles. The van der Waals surface area contributed by atoms with Crippen molar-refractivity contribution in [3.63, 3.8) is 0 Å². The number of esters is 1. The number of rotatable bonds is 7. The van der Waals surface area contributed by atoms with Crippen molar-refractivity contribution in [1.29, 1.82) is 0 Å². The largest absolute Gasteiger partial charge is 0.468 e. The lowest BCUT2D eigenvalue weighted by Crippen LogP contribution is -2.27. The summed E-state index contributed by atoms with van der Waals surface area (Å²) in [5, 5.41) is 13.5. The summed E-state index contributed by atoms with van der Waals surface area (Å²) in [5.74, 6) is -0.421. The summed E-state index contributed by atoms with van der Waals surface area (Å²) < 4.78 is 4.44. The SMILES string of the molecule is C=C/C=C(\C(=C/C)CNCC(=O)OC)[N+](=O)[O-]. The van der Waals surface area contributed by atoms with E-state index in [0.717, 1.165) is 0 Å². The van der Waals surface area contributed by atoms with Crippen molar-refractivity contribution in [2.24, 2.45) is 0 Å². The third-order valence-electron chi connectivity index (χ3n) is 1.96. The fourth-order valence-corrected chi connectivity index (χ4v) is 1.11. The Labute approximate surface area is 99.8 Å². The number of ether oxygens (including phenoxy) is 1. The molecule has 0 rings (SSSR count). The molecule has 0 spiro atoms. The summed E-state index contributed by atoms with van der Waals surface area (Å²) in [4.78, 5) is 21.1. The van der Waals surface area contributed by atoms with Gasteiger partial charge in [-0.1, -0.05) is 18.7 Å². The topological polar surface area (TPSA) is 81.5 Å². The summed E-state index contributed by atoms with van der Waals surface area (Å²) in [6.07, 6.45) is 4.28. The van der Waals surface area contributed by atoms with Crippen molar-refractivity contribution in [2.75, 3.05) is 20.2 Å². The molecule has 0 atom stereocenters. The van der Waals surface area contributed by atoms with Crippen LogP contribution in [0.3, 0.4) is 0 Å². The monoisotopic (exact) mass is 240 g/mol. The van der Waals surface area contributed by atoms with Gasteiger partial charge in [-0.2, -0.15) is 0 Å². The molecule has 6 nitrogen and oxygen atoms in total. The molecule has 0 saturated heterocycles. The fraction of sp³-hybridized carbons (Fsp3) is 0.364. The number of nitrogens with zero attached hydrogens (tertiary/aromatic N) is 1. The second-order valence-electron chi connectivity index (χ2n) is 3.04. The smallest absolute Gasteiger partial charge is 0.319 e. The minimum atomic E-state index is -0.489. The number of carbonyl (C=O) groups excluding carboxylic acids is 1. The lowest BCUT2D eigenvalue weighted by Gasteiger charge is -2.05. The van der Waals surface area contributed by atoms with Crippen LogP contribution in [0, 0.1) is 10.1 Å². The van der Waals surface area contributed by atoms with Crippen LogP contribution in [-0.4, -0.2) is 31.1 Å². The molecule has 94 valence electrons. The first-order chi connectivity index (χ1) is 8.06. The van der Waals surface area contributed by atoms with Gasteiger partial charge in [0.2, 0.25) is 0 Å². The minimum absolute atomic E-state index is 0.00687. The molecule has 0 unspecified atom stereocenters. The van der Waals surface area contributed by atoms with Crippen LogP contribution in [0.15, 0.2) is 36.1 Å². The van der Waals surface area contributed by atoms with Crippen LogP contribution in [0.2, 0.25) is 0 Å². The van der Waals surface area contributed by atoms with Crippen molar-refractivity contribution < 1.29 is 14.5 Å². The highest BCUT2D eigenvalue weighted by Crippen LogP contribution is 2.09. The molecule has 0 bridgehead atoms. The first-order valence-electron chi connectivity index (χ1n) is 4.97. The van der Waals surface area contributed by atoms with Crippen LogP contribution < -0.4 is 5.32 Å². The van der Waals surface area contributed by atoms with Crippen LogP contribution in [-0.2, 0) is 9.53 Å². The van der Waals surface area contributed by atoms with Crippen LogP contribution >= 0.6 is 0 Å². The summed E-state index contributed by atoms with van der Waals surface area (Å²) >= 11 is 0. The second-order valence-corrected chi connectivity index (χ2v) is 3.04. The molecule has 17 heavy (non-hydrogen) atoms. The molecule has 6 heteroatoms. The number of hydrogen-bond acceptors (Lipinski definition) is 5. The quantitative estimate of drug-likeness (QED) is 0.311. The van der Waals surface area contributed by atoms with Crippen molar-refractivity contribution in [3.05, 3.63) is 46.2 Å². The van der Waals surface area contributed by atoms with Gasteiger partial charge in [0.15, 0.2) is 0 Å². The number of nitrogens with one attached hydrogen (secondary N) is 1. The Kier molecular flexibility index (Phi) is 7.29. The summed E-state index contributed by atoms with van der Waals surface area (Å²) in [6.45, 7) is 5.33. The third kappa shape index (κ3) is 5.62. The maximum Gasteiger partial charge on any atom is 0.319 e. The predicted molar refractivity (Wildman–Crippen MR) is 63.9 cm³/mol. The average Bonchev–Trinajstić information content (AvgIpc) is 2.31. The second kappa shape index (κ2) is 8.23. The number of carbonyl (C=O) groups is 1. The highest BCUT2D eigenvalue weighted by Gasteiger charge is 2.15. The van der Waals surface area contributed by atoms with Gasteiger partial charge in [0.05, 0.1) is 18.6 Å². The molecule has 0 aliphatic rings. The maximum atomic E-state index is 10.8. The van der Waals surface area contributed by atoms with Crippen LogP contribution in [0.1, 0.15) is 6.92 Å². The van der Waals surface area contributed by atoms with E-state index in [1.807, 2.05) is 0 Å². The van der Waals surface area contributed by atoms with Gasteiger partial charge in [-0.15, -0.1) is 0 Å². The first-order valence-corrected chi connectivity index (χ1v) is 4.97. The zero-order chi connectivity index (χ0) is 13.3. The van der Waals surface area contributed by atoms with Crippen molar-refractivity contribution in [2.45, 2.75) is 6.92 Å². The highest BCUT2D eigenvalue weighted by molar-refractivity contribution is 5.71. The van der Waals surface area contributed by atoms with Crippen LogP contribution in [0.25, 0.3) is 0 Å². The first kappa shape index (κ1) is 15.0. The van der Waals surface area contributed by atoms with Gasteiger partial charge < -0.3 is 10.1 Å². The highest BCUT2D eigenvalue weighted by atomic mass is 16.6. The molecule has 0 aromatic heterocycles. The van der Waals surface area contributed by atoms with E-state index < -0.39 is 10.9 Å². The Balaban J connectivity index is 4.53. The summed E-state index contributed by atoms with van der Waals surface area (Å²) in [6, 6.07) is 0. The molecule has 0 fully saturated rings. The molecule has 1 N–H and O–H groups in total. The van der Waals surface area contributed by atoms with E-state index in [-0.39, 0.29) is 18.8 Å². The molecule has 0 saturated carbocycles. The minimum Gasteiger partial charge on any atom is -0.468 e. The number of allylic oxidation sites excluding steroid dienone is 3. The van der Waals surface area contributed by atoms with E-state index in [9.17, 15) is 14.9 Å². The molecular formula is C11H16N2O4. The van der Waals surface area contributed by atoms with Crippen molar-refractivity contribution in [3.8, 4) is 0 Å². The lowest BCUT2D eigenvalue weighted by molar-refractivity contribution is -0.420. The Hall–Kier alpha value is -1.95. The van der Waals surface area contributed by atoms with E-state index in [0.29, 0.717) is 5.57 Å². The Morgan fingerprint density at radius 1 is 1.53 bits per heavy atom. The summed E-state index contributed by atoms with van der Waals surface area (Å²) in [7, 11) is 1.28. The van der Waals surface area contributed by atoms with Gasteiger partial charge in [-0.25, -0.2) is 0 Å². The summed E-state index contributed by atoms with van der Waals surface area (Å²) in [5.41, 5.74) is 0.443. The van der Waals surface area contributed by atoms with Crippen LogP contribution in [0.4, 0.5) is 0 Å². The molecule has 0 aromatic rings. The maximum absolute atomic E-state index is 10.8. The molecule has 0 aliphatic heterocycles. The number of nitro groups is 1. The number of methoxy groups -OCH3 is 1. The predicted octanol–water partition coefficient (Wildman–Crippen LogP) is 1.04. The zero-order valence-electron chi connectivity index (χ0n) is 9.93. The molecule has 0 radical (unpaired) electrons. The van der Waals surface area contributed by atoms with E-state index in [4.69, 9.17) is 0 Å². The molecule has 0 amide bonds. The van der Waals surface area contributed by atoms with Crippen molar-refractivity contribution >= 4 is 5.97 Å².